The molecule has 0 amide bonds. The van der Waals surface area contributed by atoms with Crippen LogP contribution in [0.3, 0.4) is 0 Å². The maximum absolute atomic E-state index is 5.39. The second kappa shape index (κ2) is 5.98. The van der Waals surface area contributed by atoms with Crippen LogP contribution in [0.15, 0.2) is 10.3 Å². The van der Waals surface area contributed by atoms with Crippen molar-refractivity contribution in [3.8, 4) is 0 Å². The van der Waals surface area contributed by atoms with Crippen molar-refractivity contribution in [3.05, 3.63) is 0 Å². The lowest BCUT2D eigenvalue weighted by atomic mass is 9.73. The van der Waals surface area contributed by atoms with Crippen LogP contribution in [-0.4, -0.2) is 23.6 Å². The first-order valence-electron chi connectivity index (χ1n) is 8.52. The summed E-state index contributed by atoms with van der Waals surface area (Å²) < 4.78 is 0. The Morgan fingerprint density at radius 1 is 0.762 bits per heavy atom. The minimum atomic E-state index is 0.0521. The summed E-state index contributed by atoms with van der Waals surface area (Å²) in [5, 5.41) is 7.67. The van der Waals surface area contributed by atoms with Crippen molar-refractivity contribution >= 4 is 12.4 Å². The van der Waals surface area contributed by atoms with E-state index < -0.39 is 0 Å². The minimum absolute atomic E-state index is 0.0521. The summed E-state index contributed by atoms with van der Waals surface area (Å²) in [6, 6.07) is 0. The molecule has 21 heavy (non-hydrogen) atoms. The van der Waals surface area contributed by atoms with E-state index in [1.165, 1.54) is 44.9 Å². The van der Waals surface area contributed by atoms with Crippen molar-refractivity contribution in [2.45, 2.75) is 82.8 Å². The normalized spacial score (nSPS) is 38.6. The van der Waals surface area contributed by atoms with E-state index in [-0.39, 0.29) is 11.2 Å². The van der Waals surface area contributed by atoms with E-state index in [4.69, 9.17) is 9.68 Å². The van der Waals surface area contributed by atoms with Gasteiger partial charge in [-0.05, 0) is 39.5 Å². The molecule has 2 fully saturated rings. The van der Waals surface area contributed by atoms with Crippen molar-refractivity contribution in [2.24, 2.45) is 22.1 Å². The van der Waals surface area contributed by atoms with Crippen LogP contribution >= 0.6 is 0 Å². The zero-order valence-electron chi connectivity index (χ0n) is 13.4. The van der Waals surface area contributed by atoms with E-state index in [9.17, 15) is 0 Å². The van der Waals surface area contributed by atoms with Crippen LogP contribution in [0.4, 0.5) is 0 Å². The van der Waals surface area contributed by atoms with Crippen LogP contribution in [0.1, 0.15) is 71.6 Å². The van der Waals surface area contributed by atoms with Crippen molar-refractivity contribution in [1.29, 1.82) is 0 Å². The highest BCUT2D eigenvalue weighted by molar-refractivity contribution is 5.60. The maximum Gasteiger partial charge on any atom is 0.142 e. The van der Waals surface area contributed by atoms with Gasteiger partial charge in [-0.1, -0.05) is 29.6 Å². The predicted octanol–water partition coefficient (Wildman–Crippen LogP) is 4.29. The molecule has 2 saturated carbocycles. The van der Waals surface area contributed by atoms with Crippen LogP contribution < -0.4 is 0 Å². The molecule has 0 spiro atoms. The quantitative estimate of drug-likeness (QED) is 0.762. The molecule has 4 rings (SSSR count). The van der Waals surface area contributed by atoms with Crippen molar-refractivity contribution in [1.82, 2.24) is 0 Å². The summed E-state index contributed by atoms with van der Waals surface area (Å²) >= 11 is 0. The molecule has 0 bridgehead atoms. The SMILES string of the molecule is CC1(C2CCC2)CC=NO1.CC1(C2CCCC2)CC=NO1. The van der Waals surface area contributed by atoms with Crippen LogP contribution in [0.2, 0.25) is 0 Å². The average Bonchev–Trinajstić information content (AvgIpc) is 3.08. The van der Waals surface area contributed by atoms with Gasteiger partial charge >= 0.3 is 0 Å². The van der Waals surface area contributed by atoms with Gasteiger partial charge in [-0.25, -0.2) is 0 Å². The van der Waals surface area contributed by atoms with E-state index in [0.717, 1.165) is 24.7 Å². The molecule has 118 valence electrons. The summed E-state index contributed by atoms with van der Waals surface area (Å²) in [6.07, 6.45) is 15.3. The average molecular weight is 292 g/mol. The number of hydrogen-bond donors (Lipinski definition) is 0. The summed E-state index contributed by atoms with van der Waals surface area (Å²) in [4.78, 5) is 10.7. The lowest BCUT2D eigenvalue weighted by Gasteiger charge is -2.37. The first-order valence-corrected chi connectivity index (χ1v) is 8.52. The van der Waals surface area contributed by atoms with E-state index in [2.05, 4.69) is 24.2 Å². The van der Waals surface area contributed by atoms with E-state index in [1.807, 2.05) is 12.4 Å². The summed E-state index contributed by atoms with van der Waals surface area (Å²) in [5.74, 6) is 1.53. The lowest BCUT2D eigenvalue weighted by molar-refractivity contribution is -0.0738. The minimum Gasteiger partial charge on any atom is -0.389 e. The van der Waals surface area contributed by atoms with Crippen LogP contribution in [0.25, 0.3) is 0 Å². The number of hydrogen-bond acceptors (Lipinski definition) is 4. The number of rotatable bonds is 2. The molecule has 0 N–H and O–H groups in total. The first-order chi connectivity index (χ1) is 10.1. The lowest BCUT2D eigenvalue weighted by Crippen LogP contribution is -2.38. The molecule has 2 atom stereocenters. The summed E-state index contributed by atoms with van der Waals surface area (Å²) in [5.41, 5.74) is 0.120. The van der Waals surface area contributed by atoms with Gasteiger partial charge in [-0.2, -0.15) is 0 Å². The van der Waals surface area contributed by atoms with Gasteiger partial charge in [0, 0.05) is 37.1 Å². The number of oxime groups is 2. The highest BCUT2D eigenvalue weighted by Crippen LogP contribution is 2.41. The van der Waals surface area contributed by atoms with Crippen molar-refractivity contribution in [2.75, 3.05) is 0 Å². The molecule has 0 radical (unpaired) electrons. The van der Waals surface area contributed by atoms with E-state index in [1.54, 1.807) is 0 Å². The monoisotopic (exact) mass is 292 g/mol. The molecule has 2 aliphatic heterocycles. The zero-order chi connectivity index (χ0) is 14.8. The molecular weight excluding hydrogens is 264 g/mol. The second-order valence-electron chi connectivity index (χ2n) is 7.40. The Morgan fingerprint density at radius 3 is 1.48 bits per heavy atom. The third-order valence-corrected chi connectivity index (χ3v) is 5.85. The number of nitrogens with zero attached hydrogens (tertiary/aromatic N) is 2. The smallest absolute Gasteiger partial charge is 0.142 e. The molecule has 4 aliphatic rings. The standard InChI is InChI=1S/C9H15NO.C8H13NO/c1-9(6-7-10-11-9)8-4-2-3-5-8;1-8(5-6-9-10-8)7-3-2-4-7/h7-8H,2-6H2,1H3;6-7H,2-5H2,1H3. The van der Waals surface area contributed by atoms with Crippen LogP contribution in [0.5, 0.6) is 0 Å². The molecule has 4 nitrogen and oxygen atoms in total. The summed E-state index contributed by atoms with van der Waals surface area (Å²) in [7, 11) is 0. The van der Waals surface area contributed by atoms with Crippen LogP contribution in [-0.2, 0) is 9.68 Å². The molecule has 0 aromatic rings. The van der Waals surface area contributed by atoms with Gasteiger partial charge in [0.05, 0.1) is 0 Å². The molecule has 2 aliphatic carbocycles. The highest BCUT2D eigenvalue weighted by atomic mass is 16.7. The Bertz CT molecular complexity index is 393. The Labute approximate surface area is 127 Å². The molecule has 2 unspecified atom stereocenters. The summed E-state index contributed by atoms with van der Waals surface area (Å²) in [6.45, 7) is 4.36. The Hall–Kier alpha value is -1.06. The molecule has 0 aromatic carbocycles. The molecular formula is C17H28N2O2. The largest absolute Gasteiger partial charge is 0.389 e. The fraction of sp³-hybridized carbons (Fsp3) is 0.882. The van der Waals surface area contributed by atoms with Gasteiger partial charge in [-0.15, -0.1) is 0 Å². The molecule has 4 heteroatoms. The molecule has 0 saturated heterocycles. The van der Waals surface area contributed by atoms with Crippen molar-refractivity contribution < 1.29 is 9.68 Å². The fourth-order valence-corrected chi connectivity index (χ4v) is 3.86. The van der Waals surface area contributed by atoms with Crippen LogP contribution in [0, 0.1) is 11.8 Å². The molecule has 0 aromatic heterocycles. The zero-order valence-corrected chi connectivity index (χ0v) is 13.4. The molecule has 2 heterocycles. The first kappa shape index (κ1) is 14.9. The van der Waals surface area contributed by atoms with E-state index in [0.29, 0.717) is 0 Å². The topological polar surface area (TPSA) is 43.2 Å². The van der Waals surface area contributed by atoms with E-state index >= 15 is 0 Å². The van der Waals surface area contributed by atoms with Crippen molar-refractivity contribution in [3.63, 3.8) is 0 Å². The maximum atomic E-state index is 5.39. The van der Waals surface area contributed by atoms with Gasteiger partial charge in [-0.3, -0.25) is 0 Å². The third kappa shape index (κ3) is 3.09. The van der Waals surface area contributed by atoms with Gasteiger partial charge < -0.3 is 9.68 Å². The Balaban J connectivity index is 0.000000126. The van der Waals surface area contributed by atoms with Gasteiger partial charge in [0.2, 0.25) is 0 Å². The Kier molecular flexibility index (Phi) is 4.23. The van der Waals surface area contributed by atoms with Gasteiger partial charge in [0.15, 0.2) is 0 Å². The predicted molar refractivity (Wildman–Crippen MR) is 84.5 cm³/mol. The Morgan fingerprint density at radius 2 is 1.19 bits per heavy atom. The highest BCUT2D eigenvalue weighted by Gasteiger charge is 2.42. The fourth-order valence-electron chi connectivity index (χ4n) is 3.86. The van der Waals surface area contributed by atoms with Gasteiger partial charge in [0.1, 0.15) is 11.2 Å². The van der Waals surface area contributed by atoms with Gasteiger partial charge in [0.25, 0.3) is 0 Å². The second-order valence-corrected chi connectivity index (χ2v) is 7.40. The third-order valence-electron chi connectivity index (χ3n) is 5.85.